The van der Waals surface area contributed by atoms with E-state index in [2.05, 4.69) is 38.2 Å². The highest BCUT2D eigenvalue weighted by Crippen LogP contribution is 2.14. The number of unbranched alkanes of at least 4 members (excludes halogenated alkanes) is 22. The summed E-state index contributed by atoms with van der Waals surface area (Å²) < 4.78 is 10.6. The Morgan fingerprint density at radius 1 is 0.523 bits per heavy atom. The lowest BCUT2D eigenvalue weighted by Crippen LogP contribution is -2.28. The first-order valence-corrected chi connectivity index (χ1v) is 18.9. The van der Waals surface area contributed by atoms with Crippen molar-refractivity contribution in [2.75, 3.05) is 13.2 Å². The highest BCUT2D eigenvalue weighted by atomic mass is 16.6. The van der Waals surface area contributed by atoms with Crippen molar-refractivity contribution in [3.05, 3.63) is 24.3 Å². The largest absolute Gasteiger partial charge is 0.462 e. The van der Waals surface area contributed by atoms with E-state index in [4.69, 9.17) is 9.47 Å². The number of aliphatic hydroxyl groups excluding tert-OH is 1. The van der Waals surface area contributed by atoms with Crippen LogP contribution in [0, 0.1) is 0 Å². The van der Waals surface area contributed by atoms with E-state index in [1.54, 1.807) is 0 Å². The maximum Gasteiger partial charge on any atom is 0.306 e. The molecule has 258 valence electrons. The second-order valence-corrected chi connectivity index (χ2v) is 12.7. The van der Waals surface area contributed by atoms with Crippen LogP contribution in [-0.4, -0.2) is 36.4 Å². The molecule has 0 aromatic carbocycles. The molecule has 0 spiro atoms. The van der Waals surface area contributed by atoms with E-state index >= 15 is 0 Å². The van der Waals surface area contributed by atoms with Gasteiger partial charge in [-0.15, -0.1) is 0 Å². The average molecular weight is 621 g/mol. The second-order valence-electron chi connectivity index (χ2n) is 12.7. The number of esters is 2. The molecular weight excluding hydrogens is 548 g/mol. The summed E-state index contributed by atoms with van der Waals surface area (Å²) in [5, 5.41) is 9.53. The van der Waals surface area contributed by atoms with Gasteiger partial charge >= 0.3 is 11.9 Å². The van der Waals surface area contributed by atoms with Crippen LogP contribution >= 0.6 is 0 Å². The Morgan fingerprint density at radius 3 is 1.39 bits per heavy atom. The van der Waals surface area contributed by atoms with Crippen LogP contribution in [0.15, 0.2) is 24.3 Å². The molecule has 0 aliphatic carbocycles. The van der Waals surface area contributed by atoms with E-state index in [0.717, 1.165) is 51.4 Å². The molecule has 0 saturated carbocycles. The summed E-state index contributed by atoms with van der Waals surface area (Å²) in [6.07, 6.45) is 40.9. The topological polar surface area (TPSA) is 72.8 Å². The van der Waals surface area contributed by atoms with Gasteiger partial charge in [-0.2, -0.15) is 0 Å². The minimum absolute atomic E-state index is 0.0650. The van der Waals surface area contributed by atoms with Gasteiger partial charge in [-0.3, -0.25) is 9.59 Å². The fraction of sp³-hybridized carbons (Fsp3) is 0.846. The molecule has 0 aromatic heterocycles. The third-order valence-electron chi connectivity index (χ3n) is 8.25. The molecule has 0 rings (SSSR count). The lowest BCUT2D eigenvalue weighted by molar-refractivity contribution is -0.161. The minimum Gasteiger partial charge on any atom is -0.462 e. The summed E-state index contributed by atoms with van der Waals surface area (Å²) in [5.41, 5.74) is 0. The molecule has 0 heterocycles. The molecule has 0 bridgehead atoms. The maximum atomic E-state index is 12.1. The molecule has 44 heavy (non-hydrogen) atoms. The van der Waals surface area contributed by atoms with Gasteiger partial charge in [0.05, 0.1) is 6.61 Å². The van der Waals surface area contributed by atoms with Crippen molar-refractivity contribution in [2.45, 2.75) is 200 Å². The van der Waals surface area contributed by atoms with E-state index in [9.17, 15) is 14.7 Å². The number of aliphatic hydroxyl groups is 1. The minimum atomic E-state index is -0.769. The number of allylic oxidation sites excluding steroid dienone is 4. The maximum absolute atomic E-state index is 12.1. The second kappa shape index (κ2) is 35.9. The summed E-state index contributed by atoms with van der Waals surface area (Å²) in [4.78, 5) is 24.2. The van der Waals surface area contributed by atoms with E-state index in [1.807, 2.05) is 0 Å². The van der Waals surface area contributed by atoms with Crippen LogP contribution in [0.25, 0.3) is 0 Å². The van der Waals surface area contributed by atoms with Crippen molar-refractivity contribution >= 4 is 11.9 Å². The van der Waals surface area contributed by atoms with Gasteiger partial charge in [0.15, 0.2) is 6.10 Å². The highest BCUT2D eigenvalue weighted by Gasteiger charge is 2.16. The molecule has 5 nitrogen and oxygen atoms in total. The van der Waals surface area contributed by atoms with Crippen LogP contribution in [0.4, 0.5) is 0 Å². The van der Waals surface area contributed by atoms with Crippen LogP contribution in [0.5, 0.6) is 0 Å². The molecule has 5 heteroatoms. The average Bonchev–Trinajstić information content (AvgIpc) is 3.02. The van der Waals surface area contributed by atoms with Crippen LogP contribution < -0.4 is 0 Å². The summed E-state index contributed by atoms with van der Waals surface area (Å²) in [5.74, 6) is -0.594. The zero-order valence-corrected chi connectivity index (χ0v) is 29.2. The van der Waals surface area contributed by atoms with Crippen LogP contribution in [0.2, 0.25) is 0 Å². The van der Waals surface area contributed by atoms with Crippen LogP contribution in [-0.2, 0) is 19.1 Å². The van der Waals surface area contributed by atoms with Crippen molar-refractivity contribution in [1.82, 2.24) is 0 Å². The van der Waals surface area contributed by atoms with Gasteiger partial charge in [-0.1, -0.05) is 160 Å². The number of hydrogen-bond acceptors (Lipinski definition) is 5. The molecule has 0 saturated heterocycles. The zero-order chi connectivity index (χ0) is 32.2. The highest BCUT2D eigenvalue weighted by molar-refractivity contribution is 5.70. The first kappa shape index (κ1) is 42.4. The van der Waals surface area contributed by atoms with Crippen molar-refractivity contribution < 1.29 is 24.2 Å². The SMILES string of the molecule is CCCCCC=CCC=CCCCCCCCCCC(=O)O[C@@H](CO)COC(=O)CCCCCCCCCCCCCCC. The first-order valence-electron chi connectivity index (χ1n) is 18.9. The molecule has 0 aliphatic rings. The number of carbonyl (C=O) groups excluding carboxylic acids is 2. The van der Waals surface area contributed by atoms with Gasteiger partial charge in [0, 0.05) is 12.8 Å². The summed E-state index contributed by atoms with van der Waals surface area (Å²) >= 11 is 0. The molecule has 1 N–H and O–H groups in total. The standard InChI is InChI=1S/C39H72O5/c1-3-5-7-9-11-13-15-17-18-19-20-22-24-26-28-30-32-34-39(42)44-37(35-40)36-43-38(41)33-31-29-27-25-23-21-16-14-12-10-8-6-4-2/h11,13,17-18,37,40H,3-10,12,14-16,19-36H2,1-2H3/t37-/m0/s1. The van der Waals surface area contributed by atoms with Crippen molar-refractivity contribution in [3.8, 4) is 0 Å². The quantitative estimate of drug-likeness (QED) is 0.0440. The molecular formula is C39H72O5. The Bertz CT molecular complexity index is 671. The molecule has 0 amide bonds. The normalized spacial score (nSPS) is 12.3. The van der Waals surface area contributed by atoms with E-state index in [1.165, 1.54) is 116 Å². The monoisotopic (exact) mass is 621 g/mol. The van der Waals surface area contributed by atoms with Crippen molar-refractivity contribution in [1.29, 1.82) is 0 Å². The molecule has 0 unspecified atom stereocenters. The third-order valence-corrected chi connectivity index (χ3v) is 8.25. The number of hydrogen-bond donors (Lipinski definition) is 1. The Hall–Kier alpha value is -1.62. The third kappa shape index (κ3) is 33.3. The summed E-state index contributed by atoms with van der Waals surface area (Å²) in [6.45, 7) is 4.11. The fourth-order valence-electron chi connectivity index (χ4n) is 5.35. The number of carbonyl (C=O) groups is 2. The van der Waals surface area contributed by atoms with Crippen LogP contribution in [0.3, 0.4) is 0 Å². The molecule has 1 atom stereocenters. The molecule has 0 radical (unpaired) electrons. The first-order chi connectivity index (χ1) is 21.6. The smallest absolute Gasteiger partial charge is 0.306 e. The molecule has 0 fully saturated rings. The predicted molar refractivity (Wildman–Crippen MR) is 187 cm³/mol. The van der Waals surface area contributed by atoms with Gasteiger partial charge in [0.1, 0.15) is 6.61 Å². The van der Waals surface area contributed by atoms with Crippen molar-refractivity contribution in [3.63, 3.8) is 0 Å². The number of ether oxygens (including phenoxy) is 2. The summed E-state index contributed by atoms with van der Waals surface area (Å²) in [6, 6.07) is 0. The Labute approximate surface area is 273 Å². The number of rotatable bonds is 34. The van der Waals surface area contributed by atoms with E-state index < -0.39 is 6.10 Å². The predicted octanol–water partition coefficient (Wildman–Crippen LogP) is 11.5. The fourth-order valence-corrected chi connectivity index (χ4v) is 5.35. The Kier molecular flexibility index (Phi) is 34.5. The van der Waals surface area contributed by atoms with Crippen LogP contribution in [0.1, 0.15) is 194 Å². The van der Waals surface area contributed by atoms with E-state index in [-0.39, 0.29) is 25.2 Å². The lowest BCUT2D eigenvalue weighted by Gasteiger charge is -2.15. The lowest BCUT2D eigenvalue weighted by atomic mass is 10.0. The van der Waals surface area contributed by atoms with Gasteiger partial charge in [-0.25, -0.2) is 0 Å². The Balaban J connectivity index is 3.56. The zero-order valence-electron chi connectivity index (χ0n) is 29.2. The van der Waals surface area contributed by atoms with E-state index in [0.29, 0.717) is 12.8 Å². The molecule has 0 aliphatic heterocycles. The van der Waals surface area contributed by atoms with Crippen molar-refractivity contribution in [2.24, 2.45) is 0 Å². The van der Waals surface area contributed by atoms with Gasteiger partial charge in [-0.05, 0) is 44.9 Å². The van der Waals surface area contributed by atoms with Gasteiger partial charge in [0.25, 0.3) is 0 Å². The van der Waals surface area contributed by atoms with Gasteiger partial charge in [0.2, 0.25) is 0 Å². The van der Waals surface area contributed by atoms with Gasteiger partial charge < -0.3 is 14.6 Å². The summed E-state index contributed by atoms with van der Waals surface area (Å²) in [7, 11) is 0. The Morgan fingerprint density at radius 2 is 0.909 bits per heavy atom. The molecule has 0 aromatic rings.